The van der Waals surface area contributed by atoms with E-state index < -0.39 is 11.7 Å². The van der Waals surface area contributed by atoms with Gasteiger partial charge in [-0.1, -0.05) is 6.07 Å². The Balaban J connectivity index is 2.03. The molecule has 0 atom stereocenters. The van der Waals surface area contributed by atoms with Gasteiger partial charge in [0.25, 0.3) is 0 Å². The Hall–Kier alpha value is -2.23. The molecule has 1 amide bonds. The van der Waals surface area contributed by atoms with Crippen molar-refractivity contribution in [2.75, 3.05) is 31.1 Å². The second-order valence-corrected chi connectivity index (χ2v) is 4.75. The maximum atomic E-state index is 12.7. The van der Waals surface area contributed by atoms with Crippen LogP contribution < -0.4 is 4.90 Å². The summed E-state index contributed by atoms with van der Waals surface area (Å²) in [6.45, 7) is 1.74. The van der Waals surface area contributed by atoms with E-state index in [4.69, 9.17) is 5.26 Å². The van der Waals surface area contributed by atoms with Crippen LogP contribution in [0, 0.1) is 11.3 Å². The SMILES string of the molecule is N#CCC(=O)N1CCN(c2cccc(C(F)(F)F)c2)CC1. The summed E-state index contributed by atoms with van der Waals surface area (Å²) in [6.07, 6.45) is -4.52. The van der Waals surface area contributed by atoms with Crippen molar-refractivity contribution in [3.05, 3.63) is 29.8 Å². The van der Waals surface area contributed by atoms with Crippen LogP contribution in [0.1, 0.15) is 12.0 Å². The normalized spacial score (nSPS) is 15.7. The van der Waals surface area contributed by atoms with E-state index in [-0.39, 0.29) is 12.3 Å². The Morgan fingerprint density at radius 2 is 1.90 bits per heavy atom. The van der Waals surface area contributed by atoms with E-state index in [2.05, 4.69) is 0 Å². The molecule has 0 bridgehead atoms. The highest BCUT2D eigenvalue weighted by atomic mass is 19.4. The van der Waals surface area contributed by atoms with Crippen molar-refractivity contribution in [2.24, 2.45) is 0 Å². The zero-order valence-electron chi connectivity index (χ0n) is 11.2. The largest absolute Gasteiger partial charge is 0.416 e. The maximum absolute atomic E-state index is 12.7. The quantitative estimate of drug-likeness (QED) is 0.841. The first kappa shape index (κ1) is 15.2. The van der Waals surface area contributed by atoms with Gasteiger partial charge in [0.2, 0.25) is 5.91 Å². The Bertz CT molecular complexity index is 557. The van der Waals surface area contributed by atoms with Crippen LogP contribution in [0.4, 0.5) is 18.9 Å². The minimum absolute atomic E-state index is 0.163. The molecule has 1 heterocycles. The first-order valence-electron chi connectivity index (χ1n) is 6.49. The molecule has 0 radical (unpaired) electrons. The lowest BCUT2D eigenvalue weighted by atomic mass is 10.1. The minimum Gasteiger partial charge on any atom is -0.368 e. The van der Waals surface area contributed by atoms with Gasteiger partial charge in [-0.25, -0.2) is 0 Å². The van der Waals surface area contributed by atoms with E-state index in [1.165, 1.54) is 6.07 Å². The molecule has 0 N–H and O–H groups in total. The van der Waals surface area contributed by atoms with Gasteiger partial charge in [-0.3, -0.25) is 4.79 Å². The van der Waals surface area contributed by atoms with Gasteiger partial charge in [0.1, 0.15) is 6.42 Å². The number of amides is 1. The predicted molar refractivity (Wildman–Crippen MR) is 70.5 cm³/mol. The summed E-state index contributed by atoms with van der Waals surface area (Å²) < 4.78 is 38.1. The lowest BCUT2D eigenvalue weighted by Crippen LogP contribution is -2.48. The number of alkyl halides is 3. The Morgan fingerprint density at radius 3 is 2.48 bits per heavy atom. The molecule has 1 aliphatic heterocycles. The molecular formula is C14H14F3N3O. The van der Waals surface area contributed by atoms with Crippen LogP contribution in [0.3, 0.4) is 0 Å². The highest BCUT2D eigenvalue weighted by molar-refractivity contribution is 5.78. The fourth-order valence-electron chi connectivity index (χ4n) is 2.27. The average molecular weight is 297 g/mol. The molecule has 112 valence electrons. The van der Waals surface area contributed by atoms with Gasteiger partial charge in [-0.05, 0) is 18.2 Å². The summed E-state index contributed by atoms with van der Waals surface area (Å²) in [5.41, 5.74) is -0.180. The van der Waals surface area contributed by atoms with Gasteiger partial charge in [-0.2, -0.15) is 18.4 Å². The van der Waals surface area contributed by atoms with E-state index in [9.17, 15) is 18.0 Å². The molecule has 0 saturated carbocycles. The number of hydrogen-bond donors (Lipinski definition) is 0. The summed E-state index contributed by atoms with van der Waals surface area (Å²) >= 11 is 0. The summed E-state index contributed by atoms with van der Waals surface area (Å²) in [7, 11) is 0. The molecule has 1 fully saturated rings. The minimum atomic E-state index is -4.36. The number of anilines is 1. The van der Waals surface area contributed by atoms with Crippen LogP contribution in [0.15, 0.2) is 24.3 Å². The van der Waals surface area contributed by atoms with Crippen molar-refractivity contribution in [1.29, 1.82) is 5.26 Å². The molecule has 1 aliphatic rings. The summed E-state index contributed by atoms with van der Waals surface area (Å²) in [5.74, 6) is -0.235. The first-order valence-corrected chi connectivity index (χ1v) is 6.49. The topological polar surface area (TPSA) is 47.3 Å². The van der Waals surface area contributed by atoms with Gasteiger partial charge in [0.15, 0.2) is 0 Å². The lowest BCUT2D eigenvalue weighted by molar-refractivity contribution is -0.137. The first-order chi connectivity index (χ1) is 9.91. The fourth-order valence-corrected chi connectivity index (χ4v) is 2.27. The van der Waals surface area contributed by atoms with E-state index >= 15 is 0 Å². The zero-order valence-corrected chi connectivity index (χ0v) is 11.2. The van der Waals surface area contributed by atoms with Crippen molar-refractivity contribution >= 4 is 11.6 Å². The molecule has 0 unspecified atom stereocenters. The number of hydrogen-bond acceptors (Lipinski definition) is 3. The number of piperazine rings is 1. The van der Waals surface area contributed by atoms with E-state index in [1.807, 2.05) is 4.90 Å². The molecule has 0 spiro atoms. The summed E-state index contributed by atoms with van der Waals surface area (Å²) in [6, 6.07) is 6.96. The average Bonchev–Trinajstić information content (AvgIpc) is 2.47. The van der Waals surface area contributed by atoms with Crippen LogP contribution in [0.25, 0.3) is 0 Å². The number of benzene rings is 1. The smallest absolute Gasteiger partial charge is 0.368 e. The molecule has 1 aromatic carbocycles. The zero-order chi connectivity index (χ0) is 15.5. The van der Waals surface area contributed by atoms with Gasteiger partial charge in [0.05, 0.1) is 11.6 Å². The Morgan fingerprint density at radius 1 is 1.24 bits per heavy atom. The molecule has 7 heteroatoms. The summed E-state index contributed by atoms with van der Waals surface area (Å²) in [4.78, 5) is 14.9. The second kappa shape index (κ2) is 6.04. The van der Waals surface area contributed by atoms with Crippen molar-refractivity contribution < 1.29 is 18.0 Å². The molecular weight excluding hydrogens is 283 g/mol. The highest BCUT2D eigenvalue weighted by Gasteiger charge is 2.31. The van der Waals surface area contributed by atoms with Gasteiger partial charge in [-0.15, -0.1) is 0 Å². The predicted octanol–water partition coefficient (Wildman–Crippen LogP) is 2.27. The molecule has 21 heavy (non-hydrogen) atoms. The van der Waals surface area contributed by atoms with Crippen LogP contribution in [-0.2, 0) is 11.0 Å². The molecule has 4 nitrogen and oxygen atoms in total. The van der Waals surface area contributed by atoms with E-state index in [0.29, 0.717) is 31.9 Å². The van der Waals surface area contributed by atoms with Crippen LogP contribution in [0.2, 0.25) is 0 Å². The highest BCUT2D eigenvalue weighted by Crippen LogP contribution is 2.31. The number of nitrogens with zero attached hydrogens (tertiary/aromatic N) is 3. The molecule has 0 aliphatic carbocycles. The lowest BCUT2D eigenvalue weighted by Gasteiger charge is -2.36. The van der Waals surface area contributed by atoms with Crippen molar-refractivity contribution in [2.45, 2.75) is 12.6 Å². The van der Waals surface area contributed by atoms with Gasteiger partial charge >= 0.3 is 6.18 Å². The van der Waals surface area contributed by atoms with E-state index in [0.717, 1.165) is 12.1 Å². The van der Waals surface area contributed by atoms with Crippen molar-refractivity contribution in [3.8, 4) is 6.07 Å². The third-order valence-electron chi connectivity index (χ3n) is 3.40. The fraction of sp³-hybridized carbons (Fsp3) is 0.429. The molecule has 1 aromatic rings. The second-order valence-electron chi connectivity index (χ2n) is 4.75. The molecule has 0 aromatic heterocycles. The van der Waals surface area contributed by atoms with Crippen LogP contribution >= 0.6 is 0 Å². The Kier molecular flexibility index (Phi) is 4.36. The summed E-state index contributed by atoms with van der Waals surface area (Å²) in [5, 5.41) is 8.49. The van der Waals surface area contributed by atoms with E-state index in [1.54, 1.807) is 17.0 Å². The number of halogens is 3. The Labute approximate surface area is 120 Å². The number of carbonyl (C=O) groups excluding carboxylic acids is 1. The van der Waals surface area contributed by atoms with Crippen LogP contribution in [0.5, 0.6) is 0 Å². The third-order valence-corrected chi connectivity index (χ3v) is 3.40. The molecule has 1 saturated heterocycles. The van der Waals surface area contributed by atoms with Crippen molar-refractivity contribution in [1.82, 2.24) is 4.90 Å². The third kappa shape index (κ3) is 3.66. The monoisotopic (exact) mass is 297 g/mol. The number of rotatable bonds is 2. The number of carbonyl (C=O) groups is 1. The van der Waals surface area contributed by atoms with Gasteiger partial charge in [0, 0.05) is 31.9 Å². The maximum Gasteiger partial charge on any atom is 0.416 e. The van der Waals surface area contributed by atoms with Crippen LogP contribution in [-0.4, -0.2) is 37.0 Å². The standard InChI is InChI=1S/C14H14F3N3O/c15-14(16,17)11-2-1-3-12(10-11)19-6-8-20(9-7-19)13(21)4-5-18/h1-3,10H,4,6-9H2. The number of nitriles is 1. The molecule has 2 rings (SSSR count). The van der Waals surface area contributed by atoms with Crippen molar-refractivity contribution in [3.63, 3.8) is 0 Å². The van der Waals surface area contributed by atoms with Gasteiger partial charge < -0.3 is 9.80 Å².